The molecule has 0 aliphatic rings. The van der Waals surface area contributed by atoms with Crippen molar-refractivity contribution in [2.24, 2.45) is 5.73 Å². The number of carbonyl (C=O) groups is 2. The first-order valence-electron chi connectivity index (χ1n) is 4.03. The molecule has 13 heavy (non-hydrogen) atoms. The summed E-state index contributed by atoms with van der Waals surface area (Å²) in [6.07, 6.45) is 0.626. The van der Waals surface area contributed by atoms with E-state index in [-0.39, 0.29) is 12.2 Å². The van der Waals surface area contributed by atoms with Gasteiger partial charge in [0.25, 0.3) is 0 Å². The van der Waals surface area contributed by atoms with Crippen LogP contribution in [0.2, 0.25) is 0 Å². The summed E-state index contributed by atoms with van der Waals surface area (Å²) in [6.45, 7) is 1.80. The molecule has 1 heterocycles. The van der Waals surface area contributed by atoms with Crippen LogP contribution in [0.5, 0.6) is 0 Å². The molecule has 0 fully saturated rings. The average molecular weight is 197 g/mol. The average Bonchev–Trinajstić information content (AvgIpc) is 2.50. The maximum atomic E-state index is 11.3. The number of nitrogens with two attached hydrogens (primary N) is 1. The fourth-order valence-electron chi connectivity index (χ4n) is 1.07. The minimum absolute atomic E-state index is 0.0671. The van der Waals surface area contributed by atoms with Crippen LogP contribution in [0.1, 0.15) is 28.6 Å². The van der Waals surface area contributed by atoms with Gasteiger partial charge in [-0.2, -0.15) is 0 Å². The minimum Gasteiger partial charge on any atom is -0.369 e. The van der Waals surface area contributed by atoms with E-state index >= 15 is 0 Å². The number of hydrogen-bond acceptors (Lipinski definition) is 3. The van der Waals surface area contributed by atoms with E-state index in [4.69, 9.17) is 5.73 Å². The molecule has 0 aliphatic carbocycles. The Labute approximate surface area is 80.6 Å². The van der Waals surface area contributed by atoms with E-state index in [0.717, 1.165) is 4.88 Å². The summed E-state index contributed by atoms with van der Waals surface area (Å²) in [7, 11) is 0. The van der Waals surface area contributed by atoms with Crippen molar-refractivity contribution in [1.82, 2.24) is 0 Å². The number of hydrogen-bond donors (Lipinski definition) is 1. The molecule has 4 heteroatoms. The van der Waals surface area contributed by atoms with Crippen LogP contribution in [0.4, 0.5) is 0 Å². The Morgan fingerprint density at radius 3 is 2.77 bits per heavy atom. The van der Waals surface area contributed by atoms with E-state index in [1.807, 2.05) is 0 Å². The topological polar surface area (TPSA) is 60.2 Å². The van der Waals surface area contributed by atoms with Gasteiger partial charge in [-0.15, -0.1) is 11.3 Å². The molecule has 0 aliphatic heterocycles. The Bertz CT molecular complexity index is 330. The molecule has 0 radical (unpaired) electrons. The van der Waals surface area contributed by atoms with E-state index in [2.05, 4.69) is 0 Å². The molecule has 2 N–H and O–H groups in total. The predicted octanol–water partition coefficient (Wildman–Crippen LogP) is 1.37. The molecule has 1 amide bonds. The standard InChI is InChI=1S/C9H11NO2S/c1-2-7(11)6-3-4-13-8(6)5-9(10)12/h3-4H,2,5H2,1H3,(H2,10,12). The number of thiophene rings is 1. The lowest BCUT2D eigenvalue weighted by Gasteiger charge is -1.97. The van der Waals surface area contributed by atoms with Gasteiger partial charge in [-0.05, 0) is 11.4 Å². The van der Waals surface area contributed by atoms with Crippen LogP contribution >= 0.6 is 11.3 Å². The van der Waals surface area contributed by atoms with Gasteiger partial charge in [-0.1, -0.05) is 6.92 Å². The maximum absolute atomic E-state index is 11.3. The largest absolute Gasteiger partial charge is 0.369 e. The Morgan fingerprint density at radius 1 is 1.54 bits per heavy atom. The van der Waals surface area contributed by atoms with E-state index in [9.17, 15) is 9.59 Å². The van der Waals surface area contributed by atoms with E-state index in [0.29, 0.717) is 12.0 Å². The highest BCUT2D eigenvalue weighted by atomic mass is 32.1. The molecule has 1 aromatic heterocycles. The lowest BCUT2D eigenvalue weighted by atomic mass is 10.1. The lowest BCUT2D eigenvalue weighted by Crippen LogP contribution is -2.14. The normalized spacial score (nSPS) is 9.92. The fourth-order valence-corrected chi connectivity index (χ4v) is 1.98. The second-order valence-corrected chi connectivity index (χ2v) is 3.68. The number of rotatable bonds is 4. The Balaban J connectivity index is 2.89. The van der Waals surface area contributed by atoms with Gasteiger partial charge in [-0.25, -0.2) is 0 Å². The molecule has 0 unspecified atom stereocenters. The van der Waals surface area contributed by atoms with Gasteiger partial charge in [0, 0.05) is 16.9 Å². The van der Waals surface area contributed by atoms with Crippen molar-refractivity contribution in [3.8, 4) is 0 Å². The van der Waals surface area contributed by atoms with Crippen molar-refractivity contribution in [3.05, 3.63) is 21.9 Å². The van der Waals surface area contributed by atoms with Crippen molar-refractivity contribution in [2.45, 2.75) is 19.8 Å². The third kappa shape index (κ3) is 2.39. The van der Waals surface area contributed by atoms with E-state index in [1.165, 1.54) is 11.3 Å². The van der Waals surface area contributed by atoms with Crippen LogP contribution in [-0.2, 0) is 11.2 Å². The van der Waals surface area contributed by atoms with E-state index in [1.54, 1.807) is 18.4 Å². The van der Waals surface area contributed by atoms with Gasteiger partial charge in [0.2, 0.25) is 5.91 Å². The first-order chi connectivity index (χ1) is 6.15. The van der Waals surface area contributed by atoms with Crippen molar-refractivity contribution in [2.75, 3.05) is 0 Å². The molecule has 0 atom stereocenters. The van der Waals surface area contributed by atoms with Crippen molar-refractivity contribution in [1.29, 1.82) is 0 Å². The van der Waals surface area contributed by atoms with Gasteiger partial charge < -0.3 is 5.73 Å². The van der Waals surface area contributed by atoms with Crippen LogP contribution in [0.3, 0.4) is 0 Å². The van der Waals surface area contributed by atoms with Crippen LogP contribution in [0.15, 0.2) is 11.4 Å². The molecular formula is C9H11NO2S. The van der Waals surface area contributed by atoms with Crippen molar-refractivity contribution in [3.63, 3.8) is 0 Å². The Kier molecular flexibility index (Phi) is 3.19. The van der Waals surface area contributed by atoms with Crippen LogP contribution in [0.25, 0.3) is 0 Å². The van der Waals surface area contributed by atoms with Crippen LogP contribution in [-0.4, -0.2) is 11.7 Å². The zero-order valence-corrected chi connectivity index (χ0v) is 8.19. The van der Waals surface area contributed by atoms with Crippen molar-refractivity contribution < 1.29 is 9.59 Å². The molecule has 0 saturated heterocycles. The van der Waals surface area contributed by atoms with Gasteiger partial charge in [0.05, 0.1) is 6.42 Å². The zero-order valence-electron chi connectivity index (χ0n) is 7.37. The van der Waals surface area contributed by atoms with Gasteiger partial charge in [0.15, 0.2) is 5.78 Å². The summed E-state index contributed by atoms with van der Waals surface area (Å²) in [5, 5.41) is 1.81. The molecule has 0 saturated carbocycles. The van der Waals surface area contributed by atoms with Crippen LogP contribution < -0.4 is 5.73 Å². The second-order valence-electron chi connectivity index (χ2n) is 2.68. The minimum atomic E-state index is -0.396. The number of ketones is 1. The Morgan fingerprint density at radius 2 is 2.23 bits per heavy atom. The summed E-state index contributed by atoms with van der Waals surface area (Å²) >= 11 is 1.40. The molecule has 0 spiro atoms. The summed E-state index contributed by atoms with van der Waals surface area (Å²) in [5.41, 5.74) is 5.70. The molecular weight excluding hydrogens is 186 g/mol. The first-order valence-corrected chi connectivity index (χ1v) is 4.91. The number of carbonyl (C=O) groups excluding carboxylic acids is 2. The summed E-state index contributed by atoms with van der Waals surface area (Å²) in [6, 6.07) is 1.74. The highest BCUT2D eigenvalue weighted by Crippen LogP contribution is 2.18. The maximum Gasteiger partial charge on any atom is 0.222 e. The summed E-state index contributed by atoms with van der Waals surface area (Å²) in [5.74, 6) is -0.329. The van der Waals surface area contributed by atoms with Gasteiger partial charge in [0.1, 0.15) is 0 Å². The Hall–Kier alpha value is -1.16. The number of Topliss-reactive ketones (excluding diaryl/α,β-unsaturated/α-hetero) is 1. The van der Waals surface area contributed by atoms with Gasteiger partial charge >= 0.3 is 0 Å². The molecule has 70 valence electrons. The third-order valence-corrected chi connectivity index (χ3v) is 2.62. The quantitative estimate of drug-likeness (QED) is 0.741. The number of primary amides is 1. The molecule has 0 bridgehead atoms. The van der Waals surface area contributed by atoms with Crippen molar-refractivity contribution >= 4 is 23.0 Å². The van der Waals surface area contributed by atoms with Crippen LogP contribution in [0, 0.1) is 0 Å². The van der Waals surface area contributed by atoms with Gasteiger partial charge in [-0.3, -0.25) is 9.59 Å². The van der Waals surface area contributed by atoms with E-state index < -0.39 is 5.91 Å². The smallest absolute Gasteiger partial charge is 0.222 e. The monoisotopic (exact) mass is 197 g/mol. The number of amides is 1. The predicted molar refractivity (Wildman–Crippen MR) is 51.8 cm³/mol. The SMILES string of the molecule is CCC(=O)c1ccsc1CC(N)=O. The molecule has 0 aromatic carbocycles. The molecule has 3 nitrogen and oxygen atoms in total. The lowest BCUT2D eigenvalue weighted by molar-refractivity contribution is -0.117. The summed E-state index contributed by atoms with van der Waals surface area (Å²) < 4.78 is 0. The highest BCUT2D eigenvalue weighted by Gasteiger charge is 2.12. The highest BCUT2D eigenvalue weighted by molar-refractivity contribution is 7.10. The third-order valence-electron chi connectivity index (χ3n) is 1.70. The first kappa shape index (κ1) is 9.92. The molecule has 1 rings (SSSR count). The fraction of sp³-hybridized carbons (Fsp3) is 0.333. The summed E-state index contributed by atoms with van der Waals surface area (Å²) in [4.78, 5) is 22.8. The molecule has 1 aromatic rings. The second kappa shape index (κ2) is 4.18. The zero-order chi connectivity index (χ0) is 9.84.